The van der Waals surface area contributed by atoms with Crippen LogP contribution in [0, 0.1) is 0 Å². The predicted octanol–water partition coefficient (Wildman–Crippen LogP) is 2.79. The number of carbonyl (C=O) groups excluding carboxylic acids is 1. The molecule has 1 aliphatic rings. The van der Waals surface area contributed by atoms with Gasteiger partial charge in [-0.2, -0.15) is 0 Å². The molecule has 0 bridgehead atoms. The summed E-state index contributed by atoms with van der Waals surface area (Å²) in [5.41, 5.74) is 1.28. The topological polar surface area (TPSA) is 63.8 Å². The number of amides is 1. The van der Waals surface area contributed by atoms with Crippen LogP contribution in [0.4, 0.5) is 0 Å². The lowest BCUT2D eigenvalue weighted by molar-refractivity contribution is -0.115. The van der Waals surface area contributed by atoms with Gasteiger partial charge in [-0.3, -0.25) is 4.79 Å². The number of furan rings is 1. The van der Waals surface area contributed by atoms with Crippen molar-refractivity contribution in [2.24, 2.45) is 4.99 Å². The largest absolute Gasteiger partial charge is 0.497 e. The average molecular weight is 296 g/mol. The first kappa shape index (κ1) is 14.1. The highest BCUT2D eigenvalue weighted by atomic mass is 16.5. The van der Waals surface area contributed by atoms with Crippen LogP contribution in [0.25, 0.3) is 6.08 Å². The van der Waals surface area contributed by atoms with Gasteiger partial charge >= 0.3 is 0 Å². The molecule has 1 aromatic carbocycles. The highest BCUT2D eigenvalue weighted by Crippen LogP contribution is 2.18. The van der Waals surface area contributed by atoms with Crippen molar-refractivity contribution in [2.45, 2.75) is 12.8 Å². The number of hydrogen-bond acceptors (Lipinski definition) is 4. The van der Waals surface area contributed by atoms with E-state index in [2.05, 4.69) is 10.3 Å². The summed E-state index contributed by atoms with van der Waals surface area (Å²) in [5, 5.41) is 2.79. The Morgan fingerprint density at radius 3 is 2.95 bits per heavy atom. The third-order valence-electron chi connectivity index (χ3n) is 3.33. The van der Waals surface area contributed by atoms with Gasteiger partial charge in [0.25, 0.3) is 5.91 Å². The number of benzene rings is 1. The zero-order valence-corrected chi connectivity index (χ0v) is 12.2. The molecule has 0 saturated heterocycles. The standard InChI is InChI=1S/C17H16N2O3/c1-21-14-5-2-4-12(10-14)11-15-17(20)19-16(18-15)8-7-13-6-3-9-22-13/h2-6,9-11H,7-8H2,1H3,(H,18,19,20)/b15-11+. The van der Waals surface area contributed by atoms with Crippen molar-refractivity contribution in [2.75, 3.05) is 7.11 Å². The Morgan fingerprint density at radius 1 is 1.27 bits per heavy atom. The van der Waals surface area contributed by atoms with Gasteiger partial charge in [0.2, 0.25) is 0 Å². The average Bonchev–Trinajstić information content (AvgIpc) is 3.16. The van der Waals surface area contributed by atoms with Crippen LogP contribution in [-0.2, 0) is 11.2 Å². The molecule has 0 atom stereocenters. The van der Waals surface area contributed by atoms with Crippen LogP contribution in [0.15, 0.2) is 57.8 Å². The summed E-state index contributed by atoms with van der Waals surface area (Å²) < 4.78 is 10.4. The van der Waals surface area contributed by atoms with Gasteiger partial charge in [0.1, 0.15) is 23.0 Å². The Morgan fingerprint density at radius 2 is 2.18 bits per heavy atom. The molecule has 3 rings (SSSR count). The predicted molar refractivity (Wildman–Crippen MR) is 83.6 cm³/mol. The molecule has 1 aromatic heterocycles. The lowest BCUT2D eigenvalue weighted by atomic mass is 10.2. The molecule has 112 valence electrons. The van der Waals surface area contributed by atoms with E-state index in [4.69, 9.17) is 9.15 Å². The molecular formula is C17H16N2O3. The van der Waals surface area contributed by atoms with E-state index in [9.17, 15) is 4.79 Å². The third-order valence-corrected chi connectivity index (χ3v) is 3.33. The van der Waals surface area contributed by atoms with E-state index in [0.29, 0.717) is 24.4 Å². The molecule has 5 heteroatoms. The van der Waals surface area contributed by atoms with E-state index < -0.39 is 0 Å². The minimum absolute atomic E-state index is 0.183. The van der Waals surface area contributed by atoms with Gasteiger partial charge in [-0.15, -0.1) is 0 Å². The van der Waals surface area contributed by atoms with Crippen molar-refractivity contribution in [1.82, 2.24) is 5.32 Å². The lowest BCUT2D eigenvalue weighted by Crippen LogP contribution is -2.24. The molecule has 2 heterocycles. The lowest BCUT2D eigenvalue weighted by Gasteiger charge is -2.00. The molecule has 1 N–H and O–H groups in total. The smallest absolute Gasteiger partial charge is 0.275 e. The molecule has 0 saturated carbocycles. The Hall–Kier alpha value is -2.82. The number of amidine groups is 1. The van der Waals surface area contributed by atoms with E-state index in [1.54, 1.807) is 19.4 Å². The second-order valence-electron chi connectivity index (χ2n) is 4.90. The second kappa shape index (κ2) is 6.30. The minimum Gasteiger partial charge on any atom is -0.497 e. The van der Waals surface area contributed by atoms with E-state index >= 15 is 0 Å². The maximum absolute atomic E-state index is 12.0. The highest BCUT2D eigenvalue weighted by Gasteiger charge is 2.19. The van der Waals surface area contributed by atoms with Crippen LogP contribution in [0.1, 0.15) is 17.7 Å². The first-order valence-corrected chi connectivity index (χ1v) is 7.01. The van der Waals surface area contributed by atoms with Crippen molar-refractivity contribution in [3.8, 4) is 5.75 Å². The molecule has 2 aromatic rings. The van der Waals surface area contributed by atoms with Crippen LogP contribution in [0.5, 0.6) is 5.75 Å². The van der Waals surface area contributed by atoms with Gasteiger partial charge in [-0.1, -0.05) is 12.1 Å². The molecule has 0 spiro atoms. The van der Waals surface area contributed by atoms with Crippen LogP contribution < -0.4 is 10.1 Å². The molecule has 1 aliphatic heterocycles. The Kier molecular flexibility index (Phi) is 4.05. The van der Waals surface area contributed by atoms with Crippen LogP contribution in [0.3, 0.4) is 0 Å². The summed E-state index contributed by atoms with van der Waals surface area (Å²) >= 11 is 0. The summed E-state index contributed by atoms with van der Waals surface area (Å²) in [6, 6.07) is 11.2. The van der Waals surface area contributed by atoms with Crippen molar-refractivity contribution >= 4 is 17.8 Å². The fourth-order valence-corrected chi connectivity index (χ4v) is 2.22. The third kappa shape index (κ3) is 3.25. The second-order valence-corrected chi connectivity index (χ2v) is 4.90. The number of ether oxygens (including phenoxy) is 1. The first-order chi connectivity index (χ1) is 10.7. The van der Waals surface area contributed by atoms with Gasteiger partial charge in [-0.25, -0.2) is 4.99 Å². The Labute approximate surface area is 128 Å². The van der Waals surface area contributed by atoms with Crippen molar-refractivity contribution in [3.63, 3.8) is 0 Å². The fourth-order valence-electron chi connectivity index (χ4n) is 2.22. The minimum atomic E-state index is -0.183. The number of hydrogen-bond donors (Lipinski definition) is 1. The van der Waals surface area contributed by atoms with Gasteiger partial charge in [-0.05, 0) is 35.9 Å². The van der Waals surface area contributed by atoms with Crippen LogP contribution in [-0.4, -0.2) is 18.9 Å². The van der Waals surface area contributed by atoms with E-state index in [1.165, 1.54) is 0 Å². The number of carbonyl (C=O) groups is 1. The maximum atomic E-state index is 12.0. The molecule has 0 aliphatic carbocycles. The number of nitrogens with one attached hydrogen (secondary N) is 1. The quantitative estimate of drug-likeness (QED) is 0.863. The number of methoxy groups -OCH3 is 1. The van der Waals surface area contributed by atoms with Crippen LogP contribution >= 0.6 is 0 Å². The summed E-state index contributed by atoms with van der Waals surface area (Å²) in [7, 11) is 1.61. The number of aryl methyl sites for hydroxylation is 1. The Balaban J connectivity index is 1.72. The van der Waals surface area contributed by atoms with Gasteiger partial charge < -0.3 is 14.5 Å². The molecule has 1 amide bonds. The highest BCUT2D eigenvalue weighted by molar-refractivity contribution is 6.14. The monoisotopic (exact) mass is 296 g/mol. The fraction of sp³-hybridized carbons (Fsp3) is 0.176. The van der Waals surface area contributed by atoms with Gasteiger partial charge in [0, 0.05) is 12.8 Å². The normalized spacial score (nSPS) is 15.8. The van der Waals surface area contributed by atoms with Crippen molar-refractivity contribution in [3.05, 3.63) is 59.7 Å². The molecule has 0 fully saturated rings. The molecular weight excluding hydrogens is 280 g/mol. The first-order valence-electron chi connectivity index (χ1n) is 7.01. The number of nitrogens with zero attached hydrogens (tertiary/aromatic N) is 1. The SMILES string of the molecule is COc1cccc(/C=C2/N=C(CCc3ccco3)NC2=O)c1. The van der Waals surface area contributed by atoms with Crippen molar-refractivity contribution in [1.29, 1.82) is 0 Å². The summed E-state index contributed by atoms with van der Waals surface area (Å²) in [6.07, 6.45) is 4.73. The summed E-state index contributed by atoms with van der Waals surface area (Å²) in [6.45, 7) is 0. The summed E-state index contributed by atoms with van der Waals surface area (Å²) in [4.78, 5) is 16.3. The zero-order valence-electron chi connectivity index (χ0n) is 12.2. The number of rotatable bonds is 5. The van der Waals surface area contributed by atoms with Gasteiger partial charge in [0.05, 0.1) is 13.4 Å². The molecule has 22 heavy (non-hydrogen) atoms. The van der Waals surface area contributed by atoms with E-state index in [0.717, 1.165) is 17.1 Å². The number of aliphatic imine (C=N–C) groups is 1. The molecule has 0 radical (unpaired) electrons. The van der Waals surface area contributed by atoms with Gasteiger partial charge in [0.15, 0.2) is 0 Å². The zero-order chi connectivity index (χ0) is 15.4. The molecule has 5 nitrogen and oxygen atoms in total. The Bertz CT molecular complexity index is 730. The maximum Gasteiger partial charge on any atom is 0.275 e. The summed E-state index contributed by atoms with van der Waals surface area (Å²) in [5.74, 6) is 2.10. The van der Waals surface area contributed by atoms with E-state index in [-0.39, 0.29) is 5.91 Å². The van der Waals surface area contributed by atoms with Crippen LogP contribution in [0.2, 0.25) is 0 Å². The van der Waals surface area contributed by atoms with E-state index in [1.807, 2.05) is 36.4 Å². The molecule has 0 unspecified atom stereocenters. The van der Waals surface area contributed by atoms with Crippen molar-refractivity contribution < 1.29 is 13.9 Å².